The summed E-state index contributed by atoms with van der Waals surface area (Å²) in [5.74, 6) is 1.07. The van der Waals surface area contributed by atoms with Crippen LogP contribution in [0.2, 0.25) is 0 Å². The number of piperazine rings is 1. The molecule has 28 heavy (non-hydrogen) atoms. The Labute approximate surface area is 166 Å². The summed E-state index contributed by atoms with van der Waals surface area (Å²) >= 11 is 0. The van der Waals surface area contributed by atoms with Crippen molar-refractivity contribution in [3.8, 4) is 5.75 Å². The number of nitrogens with one attached hydrogen (secondary N) is 2. The molecule has 0 bridgehead atoms. The van der Waals surface area contributed by atoms with Crippen LogP contribution in [0.25, 0.3) is 0 Å². The van der Waals surface area contributed by atoms with Crippen molar-refractivity contribution in [1.29, 1.82) is 0 Å². The second-order valence-electron chi connectivity index (χ2n) is 7.30. The van der Waals surface area contributed by atoms with Crippen LogP contribution in [0, 0.1) is 5.82 Å². The SMILES string of the molecule is CN=C(NCC(C)Oc1cccc(F)c1)N1CCN(CC(=O)NC(C)C)CC1. The molecule has 1 aromatic carbocycles. The van der Waals surface area contributed by atoms with Crippen LogP contribution < -0.4 is 15.4 Å². The van der Waals surface area contributed by atoms with Gasteiger partial charge in [0.15, 0.2) is 5.96 Å². The van der Waals surface area contributed by atoms with Crippen LogP contribution in [-0.4, -0.2) is 80.1 Å². The van der Waals surface area contributed by atoms with E-state index < -0.39 is 0 Å². The van der Waals surface area contributed by atoms with E-state index in [2.05, 4.69) is 25.4 Å². The van der Waals surface area contributed by atoms with Gasteiger partial charge in [-0.1, -0.05) is 6.07 Å². The van der Waals surface area contributed by atoms with Gasteiger partial charge in [0.25, 0.3) is 0 Å². The monoisotopic (exact) mass is 393 g/mol. The molecule has 1 heterocycles. The number of aliphatic imine (C=N–C) groups is 1. The Hall–Kier alpha value is -2.35. The van der Waals surface area contributed by atoms with E-state index in [0.29, 0.717) is 18.8 Å². The fraction of sp³-hybridized carbons (Fsp3) is 0.600. The van der Waals surface area contributed by atoms with Gasteiger partial charge in [-0.15, -0.1) is 0 Å². The number of amides is 1. The molecule has 1 saturated heterocycles. The van der Waals surface area contributed by atoms with E-state index in [1.165, 1.54) is 12.1 Å². The van der Waals surface area contributed by atoms with E-state index in [9.17, 15) is 9.18 Å². The van der Waals surface area contributed by atoms with Gasteiger partial charge >= 0.3 is 0 Å². The lowest BCUT2D eigenvalue weighted by molar-refractivity contribution is -0.123. The summed E-state index contributed by atoms with van der Waals surface area (Å²) in [6.07, 6.45) is -0.139. The van der Waals surface area contributed by atoms with Crippen LogP contribution in [0.4, 0.5) is 4.39 Å². The van der Waals surface area contributed by atoms with Gasteiger partial charge in [-0.05, 0) is 32.9 Å². The van der Waals surface area contributed by atoms with Gasteiger partial charge in [-0.2, -0.15) is 0 Å². The average molecular weight is 394 g/mol. The number of carbonyl (C=O) groups is 1. The lowest BCUT2D eigenvalue weighted by atomic mass is 10.3. The summed E-state index contributed by atoms with van der Waals surface area (Å²) in [6, 6.07) is 6.30. The first-order valence-electron chi connectivity index (χ1n) is 9.77. The van der Waals surface area contributed by atoms with Gasteiger partial charge in [0.05, 0.1) is 13.1 Å². The molecule has 7 nitrogen and oxygen atoms in total. The standard InChI is InChI=1S/C20H32FN5O2/c1-15(2)24-19(27)14-25-8-10-26(11-9-25)20(22-4)23-13-16(3)28-18-7-5-6-17(21)12-18/h5-7,12,15-16H,8-11,13-14H2,1-4H3,(H,22,23)(H,24,27). The molecular formula is C20H32FN5O2. The maximum atomic E-state index is 13.3. The topological polar surface area (TPSA) is 69.2 Å². The summed E-state index contributed by atoms with van der Waals surface area (Å²) in [7, 11) is 1.75. The first kappa shape index (κ1) is 21.9. The summed E-state index contributed by atoms with van der Waals surface area (Å²) in [6.45, 7) is 10.0. The molecule has 0 aliphatic carbocycles. The van der Waals surface area contributed by atoms with Crippen LogP contribution in [0.15, 0.2) is 29.3 Å². The molecule has 1 aliphatic rings. The summed E-state index contributed by atoms with van der Waals surface area (Å²) in [4.78, 5) is 20.6. The Morgan fingerprint density at radius 2 is 1.96 bits per heavy atom. The van der Waals surface area contributed by atoms with Crippen LogP contribution in [0.5, 0.6) is 5.75 Å². The van der Waals surface area contributed by atoms with E-state index in [-0.39, 0.29) is 23.9 Å². The molecular weight excluding hydrogens is 361 g/mol. The van der Waals surface area contributed by atoms with Crippen molar-refractivity contribution in [2.45, 2.75) is 32.9 Å². The number of benzene rings is 1. The maximum Gasteiger partial charge on any atom is 0.234 e. The van der Waals surface area contributed by atoms with E-state index in [1.54, 1.807) is 19.2 Å². The highest BCUT2D eigenvalue weighted by molar-refractivity contribution is 5.80. The van der Waals surface area contributed by atoms with Gasteiger partial charge in [-0.3, -0.25) is 14.7 Å². The van der Waals surface area contributed by atoms with E-state index in [1.807, 2.05) is 20.8 Å². The largest absolute Gasteiger partial charge is 0.489 e. The van der Waals surface area contributed by atoms with Crippen molar-refractivity contribution in [3.05, 3.63) is 30.1 Å². The smallest absolute Gasteiger partial charge is 0.234 e. The second-order valence-corrected chi connectivity index (χ2v) is 7.30. The molecule has 1 aromatic rings. The molecule has 1 atom stereocenters. The lowest BCUT2D eigenvalue weighted by Gasteiger charge is -2.36. The number of hydrogen-bond donors (Lipinski definition) is 2. The average Bonchev–Trinajstić information content (AvgIpc) is 2.62. The fourth-order valence-electron chi connectivity index (χ4n) is 3.07. The van der Waals surface area contributed by atoms with Gasteiger partial charge in [0.1, 0.15) is 17.7 Å². The Balaban J connectivity index is 1.74. The number of rotatable bonds is 7. The molecule has 156 valence electrons. The zero-order valence-corrected chi connectivity index (χ0v) is 17.2. The minimum absolute atomic E-state index is 0.0641. The summed E-state index contributed by atoms with van der Waals surface area (Å²) in [5, 5.41) is 6.24. The molecule has 2 rings (SSSR count). The van der Waals surface area contributed by atoms with E-state index >= 15 is 0 Å². The van der Waals surface area contributed by atoms with Crippen molar-refractivity contribution in [2.24, 2.45) is 4.99 Å². The number of ether oxygens (including phenoxy) is 1. The van der Waals surface area contributed by atoms with Crippen molar-refractivity contribution in [2.75, 3.05) is 46.3 Å². The molecule has 1 fully saturated rings. The number of nitrogens with zero attached hydrogens (tertiary/aromatic N) is 3. The Bertz CT molecular complexity index is 660. The Morgan fingerprint density at radius 3 is 2.57 bits per heavy atom. The zero-order valence-electron chi connectivity index (χ0n) is 17.2. The predicted octanol–water partition coefficient (Wildman–Crippen LogP) is 1.31. The molecule has 0 aromatic heterocycles. The lowest BCUT2D eigenvalue weighted by Crippen LogP contribution is -2.55. The minimum atomic E-state index is -0.312. The van der Waals surface area contributed by atoms with Gasteiger partial charge in [0.2, 0.25) is 5.91 Å². The third-order valence-electron chi connectivity index (χ3n) is 4.38. The number of guanidine groups is 1. The third kappa shape index (κ3) is 7.34. The fourth-order valence-corrected chi connectivity index (χ4v) is 3.07. The quantitative estimate of drug-likeness (QED) is 0.540. The van der Waals surface area contributed by atoms with Crippen LogP contribution >= 0.6 is 0 Å². The molecule has 8 heteroatoms. The summed E-state index contributed by atoms with van der Waals surface area (Å²) in [5.41, 5.74) is 0. The second kappa shape index (κ2) is 10.8. The molecule has 0 spiro atoms. The molecule has 0 saturated carbocycles. The number of halogens is 1. The van der Waals surface area contributed by atoms with E-state index in [4.69, 9.17) is 4.74 Å². The van der Waals surface area contributed by atoms with Gasteiger partial charge in [0, 0.05) is 45.3 Å². The van der Waals surface area contributed by atoms with Crippen LogP contribution in [-0.2, 0) is 4.79 Å². The van der Waals surface area contributed by atoms with Crippen molar-refractivity contribution < 1.29 is 13.9 Å². The highest BCUT2D eigenvalue weighted by Crippen LogP contribution is 2.13. The van der Waals surface area contributed by atoms with E-state index in [0.717, 1.165) is 32.1 Å². The van der Waals surface area contributed by atoms with Crippen LogP contribution in [0.1, 0.15) is 20.8 Å². The predicted molar refractivity (Wildman–Crippen MR) is 109 cm³/mol. The normalized spacial score (nSPS) is 16.8. The number of hydrogen-bond acceptors (Lipinski definition) is 4. The van der Waals surface area contributed by atoms with Crippen LogP contribution in [0.3, 0.4) is 0 Å². The van der Waals surface area contributed by atoms with Crippen molar-refractivity contribution >= 4 is 11.9 Å². The molecule has 1 amide bonds. The molecule has 1 aliphatic heterocycles. The first-order chi connectivity index (χ1) is 13.4. The first-order valence-corrected chi connectivity index (χ1v) is 9.77. The molecule has 0 radical (unpaired) electrons. The van der Waals surface area contributed by atoms with Gasteiger partial charge < -0.3 is 20.3 Å². The number of carbonyl (C=O) groups excluding carboxylic acids is 1. The molecule has 1 unspecified atom stereocenters. The Kier molecular flexibility index (Phi) is 8.50. The van der Waals surface area contributed by atoms with Gasteiger partial charge in [-0.25, -0.2) is 4.39 Å². The van der Waals surface area contributed by atoms with Crippen molar-refractivity contribution in [1.82, 2.24) is 20.4 Å². The summed E-state index contributed by atoms with van der Waals surface area (Å²) < 4.78 is 19.0. The Morgan fingerprint density at radius 1 is 1.25 bits per heavy atom. The van der Waals surface area contributed by atoms with Crippen molar-refractivity contribution in [3.63, 3.8) is 0 Å². The maximum absolute atomic E-state index is 13.3. The highest BCUT2D eigenvalue weighted by Gasteiger charge is 2.21. The minimum Gasteiger partial charge on any atom is -0.489 e. The third-order valence-corrected chi connectivity index (χ3v) is 4.38. The zero-order chi connectivity index (χ0) is 20.5. The highest BCUT2D eigenvalue weighted by atomic mass is 19.1. The molecule has 2 N–H and O–H groups in total.